The average molecular weight is 281 g/mol. The third kappa shape index (κ3) is 3.69. The molecule has 0 radical (unpaired) electrons. The summed E-state index contributed by atoms with van der Waals surface area (Å²) in [4.78, 5) is 11.5. The van der Waals surface area contributed by atoms with Crippen molar-refractivity contribution in [3.05, 3.63) is 52.2 Å². The monoisotopic (exact) mass is 280 g/mol. The molecule has 0 saturated carbocycles. The van der Waals surface area contributed by atoms with Crippen LogP contribution in [-0.4, -0.2) is 12.6 Å². The van der Waals surface area contributed by atoms with Crippen molar-refractivity contribution in [2.75, 3.05) is 6.61 Å². The molecule has 0 amide bonds. The Balaban J connectivity index is 2.75. The Labute approximate surface area is 104 Å². The van der Waals surface area contributed by atoms with Crippen molar-refractivity contribution in [1.82, 2.24) is 0 Å². The summed E-state index contributed by atoms with van der Waals surface area (Å²) >= 11 is 3.36. The molecule has 0 fully saturated rings. The smallest absolute Gasteiger partial charge is 0.342 e. The number of ether oxygens (including phenoxy) is 1. The first-order chi connectivity index (χ1) is 7.67. The van der Waals surface area contributed by atoms with Crippen molar-refractivity contribution in [2.24, 2.45) is 0 Å². The number of hydrogen-bond donors (Lipinski definition) is 0. The van der Waals surface area contributed by atoms with E-state index < -0.39 is 0 Å². The predicted octanol–water partition coefficient (Wildman–Crippen LogP) is 3.27. The van der Waals surface area contributed by atoms with Crippen molar-refractivity contribution in [3.8, 4) is 0 Å². The molecule has 1 aromatic carbocycles. The molecule has 1 aromatic rings. The molecule has 0 N–H and O–H groups in total. The minimum absolute atomic E-state index is 0.347. The van der Waals surface area contributed by atoms with Gasteiger partial charge in [-0.25, -0.2) is 4.79 Å². The zero-order chi connectivity index (χ0) is 12.0. The Morgan fingerprint density at radius 2 is 2.06 bits per heavy atom. The summed E-state index contributed by atoms with van der Waals surface area (Å²) in [5, 5.41) is 0. The third-order valence-electron chi connectivity index (χ3n) is 2.03. The lowest BCUT2D eigenvalue weighted by molar-refractivity contribution is -0.138. The van der Waals surface area contributed by atoms with Crippen LogP contribution in [0.15, 0.2) is 46.6 Å². The van der Waals surface area contributed by atoms with Crippen LogP contribution in [0.3, 0.4) is 0 Å². The van der Waals surface area contributed by atoms with Gasteiger partial charge in [-0.3, -0.25) is 0 Å². The minimum atomic E-state index is -0.347. The van der Waals surface area contributed by atoms with Gasteiger partial charge in [0.05, 0.1) is 12.2 Å². The fourth-order valence-electron chi connectivity index (χ4n) is 1.23. The summed E-state index contributed by atoms with van der Waals surface area (Å²) in [6.07, 6.45) is 0.496. The highest BCUT2D eigenvalue weighted by Gasteiger charge is 2.10. The van der Waals surface area contributed by atoms with Crippen LogP contribution in [0.4, 0.5) is 0 Å². The van der Waals surface area contributed by atoms with Gasteiger partial charge in [-0.2, -0.15) is 0 Å². The molecule has 0 unspecified atom stereocenters. The lowest BCUT2D eigenvalue weighted by Crippen LogP contribution is -2.09. The molecule has 0 aromatic heterocycles. The van der Waals surface area contributed by atoms with E-state index in [9.17, 15) is 4.79 Å². The second kappa shape index (κ2) is 6.31. The van der Waals surface area contributed by atoms with E-state index in [4.69, 9.17) is 4.74 Å². The first-order valence-electron chi connectivity index (χ1n) is 4.98. The maximum atomic E-state index is 11.5. The fraction of sp³-hybridized carbons (Fsp3) is 0.231. The molecular weight excluding hydrogens is 268 g/mol. The molecule has 0 aliphatic heterocycles. The second-order valence-corrected chi connectivity index (χ2v) is 4.09. The molecule has 1 rings (SSSR count). The van der Waals surface area contributed by atoms with Crippen LogP contribution in [-0.2, 0) is 16.0 Å². The van der Waals surface area contributed by atoms with E-state index in [0.717, 1.165) is 10.0 Å². The van der Waals surface area contributed by atoms with Gasteiger partial charge in [-0.1, -0.05) is 34.6 Å². The zero-order valence-corrected chi connectivity index (χ0v) is 10.7. The number of carbonyl (C=O) groups excluding carboxylic acids is 1. The largest absolute Gasteiger partial charge is 0.462 e. The Hall–Kier alpha value is -1.31. The van der Waals surface area contributed by atoms with Crippen LogP contribution in [0.1, 0.15) is 12.5 Å². The summed E-state index contributed by atoms with van der Waals surface area (Å²) < 4.78 is 5.91. The van der Waals surface area contributed by atoms with Crippen LogP contribution in [0.25, 0.3) is 0 Å². The molecule has 0 aliphatic carbocycles. The quantitative estimate of drug-likeness (QED) is 0.481. The molecular formula is C13H13BrO2. The van der Waals surface area contributed by atoms with Crippen molar-refractivity contribution >= 4 is 21.9 Å². The van der Waals surface area contributed by atoms with Crippen LogP contribution < -0.4 is 0 Å². The minimum Gasteiger partial charge on any atom is -0.462 e. The Morgan fingerprint density at radius 1 is 1.44 bits per heavy atom. The third-order valence-corrected chi connectivity index (χ3v) is 2.56. The first-order valence-corrected chi connectivity index (χ1v) is 5.77. The summed E-state index contributed by atoms with van der Waals surface area (Å²) in [5.41, 5.74) is 4.12. The van der Waals surface area contributed by atoms with Gasteiger partial charge in [0.25, 0.3) is 0 Å². The topological polar surface area (TPSA) is 26.3 Å². The highest BCUT2D eigenvalue weighted by molar-refractivity contribution is 9.10. The highest BCUT2D eigenvalue weighted by atomic mass is 79.9. The first kappa shape index (κ1) is 12.8. The summed E-state index contributed by atoms with van der Waals surface area (Å²) in [5.74, 6) is -0.347. The number of esters is 1. The highest BCUT2D eigenvalue weighted by Crippen LogP contribution is 2.13. The molecule has 2 nitrogen and oxygen atoms in total. The molecule has 0 bridgehead atoms. The van der Waals surface area contributed by atoms with Gasteiger partial charge in [0.15, 0.2) is 0 Å². The molecule has 16 heavy (non-hydrogen) atoms. The zero-order valence-electron chi connectivity index (χ0n) is 9.13. The van der Waals surface area contributed by atoms with Crippen molar-refractivity contribution in [2.45, 2.75) is 13.3 Å². The van der Waals surface area contributed by atoms with Gasteiger partial charge in [0, 0.05) is 10.9 Å². The van der Waals surface area contributed by atoms with Gasteiger partial charge >= 0.3 is 5.97 Å². The lowest BCUT2D eigenvalue weighted by Gasteiger charge is -2.04. The number of rotatable bonds is 4. The van der Waals surface area contributed by atoms with Gasteiger partial charge in [0.1, 0.15) is 0 Å². The summed E-state index contributed by atoms with van der Waals surface area (Å²) in [7, 11) is 0. The van der Waals surface area contributed by atoms with Crippen molar-refractivity contribution < 1.29 is 9.53 Å². The fourth-order valence-corrected chi connectivity index (χ4v) is 1.50. The number of hydrogen-bond acceptors (Lipinski definition) is 2. The Kier molecular flexibility index (Phi) is 5.03. The van der Waals surface area contributed by atoms with Gasteiger partial charge < -0.3 is 4.74 Å². The van der Waals surface area contributed by atoms with E-state index in [0.29, 0.717) is 18.6 Å². The number of halogens is 1. The molecule has 0 atom stereocenters. The van der Waals surface area contributed by atoms with Crippen LogP contribution in [0.2, 0.25) is 0 Å². The van der Waals surface area contributed by atoms with E-state index in [1.807, 2.05) is 24.3 Å². The second-order valence-electron chi connectivity index (χ2n) is 3.18. The van der Waals surface area contributed by atoms with Gasteiger partial charge in [-0.15, -0.1) is 5.73 Å². The molecule has 0 heterocycles. The normalized spacial score (nSPS) is 9.38. The van der Waals surface area contributed by atoms with Gasteiger partial charge in [-0.05, 0) is 24.6 Å². The number of carbonyl (C=O) groups is 1. The van der Waals surface area contributed by atoms with E-state index in [1.54, 1.807) is 6.92 Å². The van der Waals surface area contributed by atoms with E-state index in [1.165, 1.54) is 0 Å². The molecule has 0 saturated heterocycles. The van der Waals surface area contributed by atoms with E-state index in [-0.39, 0.29) is 5.97 Å². The van der Waals surface area contributed by atoms with Crippen molar-refractivity contribution in [1.29, 1.82) is 0 Å². The maximum Gasteiger partial charge on any atom is 0.342 e. The molecule has 0 spiro atoms. The van der Waals surface area contributed by atoms with E-state index in [2.05, 4.69) is 28.2 Å². The van der Waals surface area contributed by atoms with E-state index >= 15 is 0 Å². The standard InChI is InChI=1S/C13H13BrO2/c1-3-11(13(15)16-4-2)9-10-5-7-12(14)8-6-10/h5-8H,1,4,9H2,2H3. The Morgan fingerprint density at radius 3 is 2.56 bits per heavy atom. The SMILES string of the molecule is C=C=C(Cc1ccc(Br)cc1)C(=O)OCC. The van der Waals surface area contributed by atoms with Crippen LogP contribution in [0, 0.1) is 0 Å². The average Bonchev–Trinajstić information content (AvgIpc) is 2.28. The molecule has 0 aliphatic rings. The maximum absolute atomic E-state index is 11.5. The lowest BCUT2D eigenvalue weighted by atomic mass is 10.1. The van der Waals surface area contributed by atoms with Crippen LogP contribution in [0.5, 0.6) is 0 Å². The predicted molar refractivity (Wildman–Crippen MR) is 67.1 cm³/mol. The van der Waals surface area contributed by atoms with Gasteiger partial charge in [0.2, 0.25) is 0 Å². The molecule has 3 heteroatoms. The van der Waals surface area contributed by atoms with Crippen molar-refractivity contribution in [3.63, 3.8) is 0 Å². The van der Waals surface area contributed by atoms with Crippen LogP contribution >= 0.6 is 15.9 Å². The molecule has 84 valence electrons. The number of benzene rings is 1. The summed E-state index contributed by atoms with van der Waals surface area (Å²) in [6, 6.07) is 7.75. The Bertz CT molecular complexity index is 414. The summed E-state index contributed by atoms with van der Waals surface area (Å²) in [6.45, 7) is 5.65.